The van der Waals surface area contributed by atoms with Crippen LogP contribution in [0.3, 0.4) is 0 Å². The molecule has 0 bridgehead atoms. The number of hydrogen-bond acceptors (Lipinski definition) is 2. The lowest BCUT2D eigenvalue weighted by molar-refractivity contribution is 0.517. The Labute approximate surface area is 103 Å². The van der Waals surface area contributed by atoms with Crippen LogP contribution in [0, 0.1) is 9.39 Å². The van der Waals surface area contributed by atoms with E-state index in [1.54, 1.807) is 6.07 Å². The van der Waals surface area contributed by atoms with E-state index in [4.69, 9.17) is 5.84 Å². The third-order valence-electron chi connectivity index (χ3n) is 2.20. The lowest BCUT2D eigenvalue weighted by Gasteiger charge is -2.17. The fraction of sp³-hybridized carbons (Fsp3) is 0.273. The highest BCUT2D eigenvalue weighted by Crippen LogP contribution is 2.24. The van der Waals surface area contributed by atoms with Crippen molar-refractivity contribution in [1.82, 2.24) is 5.43 Å². The molecule has 4 heteroatoms. The number of halogens is 2. The van der Waals surface area contributed by atoms with Crippen LogP contribution >= 0.6 is 22.6 Å². The molecule has 0 aliphatic heterocycles. The standard InChI is InChI=1S/C11H14FIN2/c1-2-3-4-11(15-14)9-6-5-8(12)7-10(9)13/h2,5-7,11,15H,1,3-4,14H2. The fourth-order valence-electron chi connectivity index (χ4n) is 1.40. The molecule has 0 aromatic heterocycles. The number of nitrogens with one attached hydrogen (secondary N) is 1. The molecule has 3 N–H and O–H groups in total. The third kappa shape index (κ3) is 3.55. The van der Waals surface area contributed by atoms with E-state index >= 15 is 0 Å². The van der Waals surface area contributed by atoms with E-state index in [2.05, 4.69) is 34.6 Å². The van der Waals surface area contributed by atoms with E-state index in [-0.39, 0.29) is 11.9 Å². The number of nitrogens with two attached hydrogens (primary N) is 1. The van der Waals surface area contributed by atoms with E-state index in [1.807, 2.05) is 6.08 Å². The summed E-state index contributed by atoms with van der Waals surface area (Å²) in [6.45, 7) is 3.67. The number of rotatable bonds is 5. The smallest absolute Gasteiger partial charge is 0.124 e. The Balaban J connectivity index is 2.86. The van der Waals surface area contributed by atoms with Crippen LogP contribution in [0.2, 0.25) is 0 Å². The monoisotopic (exact) mass is 320 g/mol. The first-order chi connectivity index (χ1) is 7.19. The van der Waals surface area contributed by atoms with Crippen LogP contribution in [0.15, 0.2) is 30.9 Å². The second-order valence-corrected chi connectivity index (χ2v) is 4.41. The first-order valence-electron chi connectivity index (χ1n) is 4.71. The molecular formula is C11H14FIN2. The molecule has 0 aliphatic rings. The van der Waals surface area contributed by atoms with Gasteiger partial charge in [0, 0.05) is 9.61 Å². The highest BCUT2D eigenvalue weighted by Gasteiger charge is 2.12. The molecule has 1 atom stereocenters. The molecule has 0 spiro atoms. The molecule has 0 aliphatic carbocycles. The van der Waals surface area contributed by atoms with Gasteiger partial charge in [-0.1, -0.05) is 12.1 Å². The van der Waals surface area contributed by atoms with Crippen LogP contribution in [-0.2, 0) is 0 Å². The number of hydrogen-bond donors (Lipinski definition) is 2. The maximum absolute atomic E-state index is 12.9. The van der Waals surface area contributed by atoms with E-state index in [0.29, 0.717) is 0 Å². The summed E-state index contributed by atoms with van der Waals surface area (Å²) in [6, 6.07) is 4.78. The molecular weight excluding hydrogens is 306 g/mol. The first-order valence-corrected chi connectivity index (χ1v) is 5.79. The Hall–Kier alpha value is -0.460. The van der Waals surface area contributed by atoms with Gasteiger partial charge in [0.15, 0.2) is 0 Å². The van der Waals surface area contributed by atoms with Gasteiger partial charge in [0.05, 0.1) is 0 Å². The summed E-state index contributed by atoms with van der Waals surface area (Å²) >= 11 is 2.11. The predicted octanol–water partition coefficient (Wildman–Crippen LogP) is 2.90. The van der Waals surface area contributed by atoms with E-state index < -0.39 is 0 Å². The van der Waals surface area contributed by atoms with Crippen molar-refractivity contribution in [3.8, 4) is 0 Å². The summed E-state index contributed by atoms with van der Waals surface area (Å²) in [5, 5.41) is 0. The molecule has 82 valence electrons. The molecule has 0 radical (unpaired) electrons. The molecule has 2 nitrogen and oxygen atoms in total. The zero-order valence-corrected chi connectivity index (χ0v) is 10.5. The molecule has 1 unspecified atom stereocenters. The van der Waals surface area contributed by atoms with Crippen molar-refractivity contribution in [2.24, 2.45) is 5.84 Å². The van der Waals surface area contributed by atoms with Gasteiger partial charge in [-0.15, -0.1) is 6.58 Å². The summed E-state index contributed by atoms with van der Waals surface area (Å²) in [4.78, 5) is 0. The van der Waals surface area contributed by atoms with Gasteiger partial charge in [0.1, 0.15) is 5.82 Å². The van der Waals surface area contributed by atoms with Crippen molar-refractivity contribution in [3.63, 3.8) is 0 Å². The molecule has 1 aromatic carbocycles. The zero-order chi connectivity index (χ0) is 11.3. The maximum Gasteiger partial charge on any atom is 0.124 e. The number of benzene rings is 1. The first kappa shape index (κ1) is 12.6. The van der Waals surface area contributed by atoms with E-state index in [0.717, 1.165) is 22.0 Å². The average Bonchev–Trinajstić information content (AvgIpc) is 2.21. The van der Waals surface area contributed by atoms with Crippen molar-refractivity contribution in [2.45, 2.75) is 18.9 Å². The van der Waals surface area contributed by atoms with Gasteiger partial charge in [-0.25, -0.2) is 4.39 Å². The topological polar surface area (TPSA) is 38.0 Å². The van der Waals surface area contributed by atoms with Crippen LogP contribution in [0.25, 0.3) is 0 Å². The number of hydrazine groups is 1. The van der Waals surface area contributed by atoms with E-state index in [9.17, 15) is 4.39 Å². The molecule has 15 heavy (non-hydrogen) atoms. The molecule has 0 saturated heterocycles. The van der Waals surface area contributed by atoms with Gasteiger partial charge in [-0.2, -0.15) is 0 Å². The summed E-state index contributed by atoms with van der Waals surface area (Å²) < 4.78 is 13.8. The van der Waals surface area contributed by atoms with Gasteiger partial charge in [0.2, 0.25) is 0 Å². The maximum atomic E-state index is 12.9. The van der Waals surface area contributed by atoms with Crippen LogP contribution in [0.5, 0.6) is 0 Å². The second-order valence-electron chi connectivity index (χ2n) is 3.25. The summed E-state index contributed by atoms with van der Waals surface area (Å²) in [5.41, 5.74) is 3.77. The number of allylic oxidation sites excluding steroid dienone is 1. The highest BCUT2D eigenvalue weighted by atomic mass is 127. The highest BCUT2D eigenvalue weighted by molar-refractivity contribution is 14.1. The molecule has 0 fully saturated rings. The SMILES string of the molecule is C=CCCC(NN)c1ccc(F)cc1I. The molecule has 0 amide bonds. The van der Waals surface area contributed by atoms with Crippen molar-refractivity contribution >= 4 is 22.6 Å². The van der Waals surface area contributed by atoms with Gasteiger partial charge in [0.25, 0.3) is 0 Å². The average molecular weight is 320 g/mol. The Morgan fingerprint density at radius 3 is 2.87 bits per heavy atom. The van der Waals surface area contributed by atoms with Gasteiger partial charge >= 0.3 is 0 Å². The van der Waals surface area contributed by atoms with Crippen molar-refractivity contribution in [1.29, 1.82) is 0 Å². The van der Waals surface area contributed by atoms with Crippen LogP contribution in [0.1, 0.15) is 24.4 Å². The quantitative estimate of drug-likeness (QED) is 0.379. The Bertz CT molecular complexity index is 341. The minimum Gasteiger partial charge on any atom is -0.271 e. The normalized spacial score (nSPS) is 12.5. The van der Waals surface area contributed by atoms with Crippen LogP contribution < -0.4 is 11.3 Å². The summed E-state index contributed by atoms with van der Waals surface area (Å²) in [6.07, 6.45) is 3.59. The van der Waals surface area contributed by atoms with E-state index in [1.165, 1.54) is 12.1 Å². The second kappa shape index (κ2) is 6.19. The fourth-order valence-corrected chi connectivity index (χ4v) is 2.25. The van der Waals surface area contributed by atoms with Gasteiger partial charge in [-0.3, -0.25) is 11.3 Å². The summed E-state index contributed by atoms with van der Waals surface area (Å²) in [5.74, 6) is 5.25. The minimum absolute atomic E-state index is 0.0514. The molecule has 0 saturated carbocycles. The van der Waals surface area contributed by atoms with Gasteiger partial charge in [-0.05, 0) is 53.1 Å². The molecule has 0 heterocycles. The zero-order valence-electron chi connectivity index (χ0n) is 8.34. The van der Waals surface area contributed by atoms with Gasteiger partial charge < -0.3 is 0 Å². The Morgan fingerprint density at radius 2 is 2.33 bits per heavy atom. The summed E-state index contributed by atoms with van der Waals surface area (Å²) in [7, 11) is 0. The van der Waals surface area contributed by atoms with Crippen molar-refractivity contribution in [3.05, 3.63) is 45.8 Å². The van der Waals surface area contributed by atoms with Crippen molar-refractivity contribution < 1.29 is 4.39 Å². The predicted molar refractivity (Wildman–Crippen MR) is 68.6 cm³/mol. The Kier molecular flexibility index (Phi) is 5.21. The third-order valence-corrected chi connectivity index (χ3v) is 3.13. The van der Waals surface area contributed by atoms with Crippen LogP contribution in [0.4, 0.5) is 4.39 Å². The van der Waals surface area contributed by atoms with Crippen LogP contribution in [-0.4, -0.2) is 0 Å². The largest absolute Gasteiger partial charge is 0.271 e. The molecule has 1 aromatic rings. The lowest BCUT2D eigenvalue weighted by Crippen LogP contribution is -2.28. The lowest BCUT2D eigenvalue weighted by atomic mass is 10.0. The minimum atomic E-state index is -0.220. The molecule has 1 rings (SSSR count). The Morgan fingerprint density at radius 1 is 1.60 bits per heavy atom. The van der Waals surface area contributed by atoms with Crippen molar-refractivity contribution in [2.75, 3.05) is 0 Å².